The maximum Gasteiger partial charge on any atom is 0.194 e. The standard InChI is InChI=1S/C17H23FN2O/c1-12-10-13(18)7-8-14(12)15-11-19-16(21-15)6-5-9-20-17(2,3)4/h7-8,10-11,20H,5-6,9H2,1-4H3. The van der Waals surface area contributed by atoms with Gasteiger partial charge in [0.15, 0.2) is 11.7 Å². The Balaban J connectivity index is 1.95. The van der Waals surface area contributed by atoms with Crippen LogP contribution in [-0.2, 0) is 6.42 Å². The molecule has 2 rings (SSSR count). The molecule has 0 atom stereocenters. The molecular formula is C17H23FN2O. The van der Waals surface area contributed by atoms with Gasteiger partial charge in [0.05, 0.1) is 6.20 Å². The predicted molar refractivity (Wildman–Crippen MR) is 82.7 cm³/mol. The van der Waals surface area contributed by atoms with Crippen LogP contribution in [0.3, 0.4) is 0 Å². The Kier molecular flexibility index (Phi) is 4.78. The summed E-state index contributed by atoms with van der Waals surface area (Å²) in [5.74, 6) is 1.19. The fourth-order valence-electron chi connectivity index (χ4n) is 2.16. The normalized spacial score (nSPS) is 11.9. The number of rotatable bonds is 5. The van der Waals surface area contributed by atoms with Crippen molar-refractivity contribution < 1.29 is 8.81 Å². The molecule has 3 nitrogen and oxygen atoms in total. The Morgan fingerprint density at radius 1 is 1.29 bits per heavy atom. The largest absolute Gasteiger partial charge is 0.441 e. The summed E-state index contributed by atoms with van der Waals surface area (Å²) in [6, 6.07) is 4.68. The zero-order valence-corrected chi connectivity index (χ0v) is 13.2. The summed E-state index contributed by atoms with van der Waals surface area (Å²) in [6.45, 7) is 9.24. The minimum Gasteiger partial charge on any atom is -0.441 e. The Hall–Kier alpha value is -1.68. The van der Waals surface area contributed by atoms with Crippen molar-refractivity contribution in [2.45, 2.75) is 46.1 Å². The van der Waals surface area contributed by atoms with Crippen LogP contribution in [0.4, 0.5) is 4.39 Å². The van der Waals surface area contributed by atoms with Gasteiger partial charge in [0, 0.05) is 17.5 Å². The minimum atomic E-state index is -0.232. The molecule has 4 heteroatoms. The lowest BCUT2D eigenvalue weighted by Gasteiger charge is -2.20. The van der Waals surface area contributed by atoms with Gasteiger partial charge in [-0.1, -0.05) is 0 Å². The molecule has 0 aliphatic carbocycles. The Bertz CT molecular complexity index is 599. The van der Waals surface area contributed by atoms with Crippen molar-refractivity contribution in [2.24, 2.45) is 0 Å². The average molecular weight is 290 g/mol. The molecule has 21 heavy (non-hydrogen) atoms. The highest BCUT2D eigenvalue weighted by atomic mass is 19.1. The summed E-state index contributed by atoms with van der Waals surface area (Å²) >= 11 is 0. The zero-order valence-electron chi connectivity index (χ0n) is 13.2. The van der Waals surface area contributed by atoms with Gasteiger partial charge in [0.2, 0.25) is 0 Å². The van der Waals surface area contributed by atoms with Crippen LogP contribution in [0.2, 0.25) is 0 Å². The molecule has 114 valence electrons. The number of benzene rings is 1. The summed E-state index contributed by atoms with van der Waals surface area (Å²) in [6.07, 6.45) is 3.48. The zero-order chi connectivity index (χ0) is 15.5. The molecule has 1 aromatic carbocycles. The van der Waals surface area contributed by atoms with E-state index >= 15 is 0 Å². The molecule has 0 aliphatic heterocycles. The van der Waals surface area contributed by atoms with Crippen LogP contribution in [0.5, 0.6) is 0 Å². The van der Waals surface area contributed by atoms with Crippen molar-refractivity contribution in [2.75, 3.05) is 6.54 Å². The second-order valence-corrected chi connectivity index (χ2v) is 6.36. The number of halogens is 1. The average Bonchev–Trinajstić information content (AvgIpc) is 2.82. The van der Waals surface area contributed by atoms with E-state index in [0.717, 1.165) is 36.4 Å². The number of nitrogens with one attached hydrogen (secondary N) is 1. The van der Waals surface area contributed by atoms with Crippen LogP contribution in [0.1, 0.15) is 38.6 Å². The summed E-state index contributed by atoms with van der Waals surface area (Å²) in [5.41, 5.74) is 1.88. The molecule has 2 aromatic rings. The summed E-state index contributed by atoms with van der Waals surface area (Å²) < 4.78 is 18.9. The van der Waals surface area contributed by atoms with Gasteiger partial charge < -0.3 is 9.73 Å². The van der Waals surface area contributed by atoms with Crippen molar-refractivity contribution in [1.29, 1.82) is 0 Å². The molecule has 0 saturated carbocycles. The summed E-state index contributed by atoms with van der Waals surface area (Å²) in [7, 11) is 0. The van der Waals surface area contributed by atoms with E-state index in [0.29, 0.717) is 5.76 Å². The molecule has 0 saturated heterocycles. The quantitative estimate of drug-likeness (QED) is 0.842. The van der Waals surface area contributed by atoms with E-state index < -0.39 is 0 Å². The minimum absolute atomic E-state index is 0.132. The monoisotopic (exact) mass is 290 g/mol. The van der Waals surface area contributed by atoms with Crippen LogP contribution in [-0.4, -0.2) is 17.1 Å². The molecular weight excluding hydrogens is 267 g/mol. The Labute approximate surface area is 125 Å². The summed E-state index contributed by atoms with van der Waals surface area (Å²) in [4.78, 5) is 4.30. The summed E-state index contributed by atoms with van der Waals surface area (Å²) in [5, 5.41) is 3.43. The van der Waals surface area contributed by atoms with Crippen LogP contribution < -0.4 is 5.32 Å². The lowest BCUT2D eigenvalue weighted by atomic mass is 10.1. The highest BCUT2D eigenvalue weighted by Gasteiger charge is 2.11. The van der Waals surface area contributed by atoms with E-state index in [-0.39, 0.29) is 11.4 Å². The van der Waals surface area contributed by atoms with E-state index in [1.54, 1.807) is 12.3 Å². The fraction of sp³-hybridized carbons (Fsp3) is 0.471. The number of hydrogen-bond acceptors (Lipinski definition) is 3. The SMILES string of the molecule is Cc1cc(F)ccc1-c1cnc(CCCNC(C)(C)C)o1. The fourth-order valence-corrected chi connectivity index (χ4v) is 2.16. The van der Waals surface area contributed by atoms with Crippen molar-refractivity contribution in [1.82, 2.24) is 10.3 Å². The van der Waals surface area contributed by atoms with Crippen molar-refractivity contribution in [3.05, 3.63) is 41.7 Å². The maximum atomic E-state index is 13.1. The first kappa shape index (κ1) is 15.7. The second-order valence-electron chi connectivity index (χ2n) is 6.36. The van der Waals surface area contributed by atoms with E-state index in [1.807, 2.05) is 6.92 Å². The molecule has 1 heterocycles. The first-order chi connectivity index (χ1) is 9.85. The van der Waals surface area contributed by atoms with Crippen molar-refractivity contribution >= 4 is 0 Å². The van der Waals surface area contributed by atoms with E-state index in [1.165, 1.54) is 12.1 Å². The molecule has 0 aliphatic rings. The predicted octanol–water partition coefficient (Wildman–Crippen LogP) is 4.11. The Morgan fingerprint density at radius 2 is 2.05 bits per heavy atom. The van der Waals surface area contributed by atoms with Gasteiger partial charge in [-0.3, -0.25) is 0 Å². The first-order valence-corrected chi connectivity index (χ1v) is 7.31. The molecule has 0 fully saturated rings. The first-order valence-electron chi connectivity index (χ1n) is 7.31. The molecule has 0 unspecified atom stereocenters. The third-order valence-electron chi connectivity index (χ3n) is 3.23. The van der Waals surface area contributed by atoms with Gasteiger partial charge in [-0.25, -0.2) is 9.37 Å². The van der Waals surface area contributed by atoms with Crippen LogP contribution in [0.25, 0.3) is 11.3 Å². The highest BCUT2D eigenvalue weighted by molar-refractivity contribution is 5.60. The molecule has 0 bridgehead atoms. The maximum absolute atomic E-state index is 13.1. The third-order valence-corrected chi connectivity index (χ3v) is 3.23. The van der Waals surface area contributed by atoms with Gasteiger partial charge in [-0.15, -0.1) is 0 Å². The number of aromatic nitrogens is 1. The number of nitrogens with zero attached hydrogens (tertiary/aromatic N) is 1. The highest BCUT2D eigenvalue weighted by Crippen LogP contribution is 2.25. The number of aryl methyl sites for hydroxylation is 2. The third kappa shape index (κ3) is 4.67. The van der Waals surface area contributed by atoms with Gasteiger partial charge in [-0.2, -0.15) is 0 Å². The molecule has 1 aromatic heterocycles. The molecule has 1 N–H and O–H groups in total. The Morgan fingerprint density at radius 3 is 2.71 bits per heavy atom. The molecule has 0 spiro atoms. The lowest BCUT2D eigenvalue weighted by Crippen LogP contribution is -2.36. The van der Waals surface area contributed by atoms with Gasteiger partial charge in [0.1, 0.15) is 5.82 Å². The topological polar surface area (TPSA) is 38.1 Å². The van der Waals surface area contributed by atoms with E-state index in [2.05, 4.69) is 31.1 Å². The molecule has 0 radical (unpaired) electrons. The van der Waals surface area contributed by atoms with E-state index in [9.17, 15) is 4.39 Å². The van der Waals surface area contributed by atoms with Crippen LogP contribution >= 0.6 is 0 Å². The van der Waals surface area contributed by atoms with Gasteiger partial charge in [-0.05, 0) is 64.4 Å². The van der Waals surface area contributed by atoms with Crippen molar-refractivity contribution in [3.63, 3.8) is 0 Å². The van der Waals surface area contributed by atoms with Crippen LogP contribution in [0, 0.1) is 12.7 Å². The van der Waals surface area contributed by atoms with E-state index in [4.69, 9.17) is 4.42 Å². The van der Waals surface area contributed by atoms with Crippen LogP contribution in [0.15, 0.2) is 28.8 Å². The van der Waals surface area contributed by atoms with Gasteiger partial charge in [0.25, 0.3) is 0 Å². The lowest BCUT2D eigenvalue weighted by molar-refractivity contribution is 0.412. The van der Waals surface area contributed by atoms with Crippen molar-refractivity contribution in [3.8, 4) is 11.3 Å². The second kappa shape index (κ2) is 6.39. The smallest absolute Gasteiger partial charge is 0.194 e. The number of hydrogen-bond donors (Lipinski definition) is 1. The molecule has 0 amide bonds. The number of oxazole rings is 1. The van der Waals surface area contributed by atoms with Gasteiger partial charge >= 0.3 is 0 Å².